The predicted molar refractivity (Wildman–Crippen MR) is 75.4 cm³/mol. The van der Waals surface area contributed by atoms with E-state index in [0.717, 1.165) is 22.6 Å². The van der Waals surface area contributed by atoms with Gasteiger partial charge in [-0.25, -0.2) is 0 Å². The van der Waals surface area contributed by atoms with E-state index < -0.39 is 6.10 Å². The van der Waals surface area contributed by atoms with Crippen molar-refractivity contribution < 1.29 is 9.84 Å². The number of methoxy groups -OCH3 is 1. The van der Waals surface area contributed by atoms with Crippen molar-refractivity contribution >= 4 is 5.69 Å². The Balaban J connectivity index is 1.97. The zero-order valence-electron chi connectivity index (χ0n) is 10.8. The van der Waals surface area contributed by atoms with E-state index in [0.29, 0.717) is 6.42 Å². The zero-order valence-corrected chi connectivity index (χ0v) is 10.8. The molecule has 0 spiro atoms. The minimum atomic E-state index is -0.438. The first-order chi connectivity index (χ1) is 9.29. The molecule has 0 saturated heterocycles. The van der Waals surface area contributed by atoms with Crippen molar-refractivity contribution in [3.8, 4) is 5.75 Å². The van der Waals surface area contributed by atoms with Crippen molar-refractivity contribution in [1.29, 1.82) is 0 Å². The number of benzene rings is 2. The monoisotopic (exact) mass is 255 g/mol. The van der Waals surface area contributed by atoms with Crippen LogP contribution in [0.15, 0.2) is 48.5 Å². The van der Waals surface area contributed by atoms with Gasteiger partial charge in [0.1, 0.15) is 5.75 Å². The van der Waals surface area contributed by atoms with E-state index in [1.807, 2.05) is 48.5 Å². The van der Waals surface area contributed by atoms with E-state index in [9.17, 15) is 5.11 Å². The lowest BCUT2D eigenvalue weighted by atomic mass is 9.91. The van der Waals surface area contributed by atoms with E-state index in [-0.39, 0.29) is 6.04 Å². The Labute approximate surface area is 112 Å². The van der Waals surface area contributed by atoms with Gasteiger partial charge in [0.05, 0.1) is 19.3 Å². The molecule has 3 nitrogen and oxygen atoms in total. The molecular weight excluding hydrogens is 238 g/mol. The van der Waals surface area contributed by atoms with Crippen molar-refractivity contribution in [3.63, 3.8) is 0 Å². The second-order valence-electron chi connectivity index (χ2n) is 4.78. The highest BCUT2D eigenvalue weighted by Gasteiger charge is 2.27. The Morgan fingerprint density at radius 3 is 2.53 bits per heavy atom. The van der Waals surface area contributed by atoms with Gasteiger partial charge in [-0.05, 0) is 12.1 Å². The average Bonchev–Trinajstić information content (AvgIpc) is 2.47. The molecule has 2 aromatic rings. The number of aliphatic hydroxyl groups excluding tert-OH is 1. The number of anilines is 1. The van der Waals surface area contributed by atoms with Crippen LogP contribution in [0.3, 0.4) is 0 Å². The Morgan fingerprint density at radius 1 is 1.05 bits per heavy atom. The molecule has 1 aliphatic heterocycles. The van der Waals surface area contributed by atoms with Gasteiger partial charge in [0, 0.05) is 23.2 Å². The van der Waals surface area contributed by atoms with Crippen LogP contribution in [-0.2, 0) is 0 Å². The van der Waals surface area contributed by atoms with Gasteiger partial charge in [-0.15, -0.1) is 0 Å². The number of nitrogens with one attached hydrogen (secondary N) is 1. The SMILES string of the molecule is COc1ccccc1[C@H]1C[C@@H](O)c2ccccc2N1. The number of rotatable bonds is 2. The molecular formula is C16H17NO2. The lowest BCUT2D eigenvalue weighted by Crippen LogP contribution is -2.21. The lowest BCUT2D eigenvalue weighted by molar-refractivity contribution is 0.155. The fourth-order valence-electron chi connectivity index (χ4n) is 2.67. The molecule has 19 heavy (non-hydrogen) atoms. The third-order valence-electron chi connectivity index (χ3n) is 3.62. The van der Waals surface area contributed by atoms with Crippen molar-refractivity contribution in [2.45, 2.75) is 18.6 Å². The second-order valence-corrected chi connectivity index (χ2v) is 4.78. The molecule has 0 aromatic heterocycles. The first-order valence-electron chi connectivity index (χ1n) is 6.46. The van der Waals surface area contributed by atoms with Crippen LogP contribution in [0.4, 0.5) is 5.69 Å². The third-order valence-corrected chi connectivity index (χ3v) is 3.62. The first-order valence-corrected chi connectivity index (χ1v) is 6.46. The highest BCUT2D eigenvalue weighted by molar-refractivity contribution is 5.57. The van der Waals surface area contributed by atoms with Crippen LogP contribution in [0.2, 0.25) is 0 Å². The van der Waals surface area contributed by atoms with Crippen LogP contribution < -0.4 is 10.1 Å². The molecule has 2 aromatic carbocycles. The summed E-state index contributed by atoms with van der Waals surface area (Å²) in [6.45, 7) is 0. The molecule has 0 unspecified atom stereocenters. The Morgan fingerprint density at radius 2 is 1.74 bits per heavy atom. The number of para-hydroxylation sites is 2. The zero-order chi connectivity index (χ0) is 13.2. The quantitative estimate of drug-likeness (QED) is 0.865. The summed E-state index contributed by atoms with van der Waals surface area (Å²) in [4.78, 5) is 0. The number of aliphatic hydroxyl groups is 1. The maximum Gasteiger partial charge on any atom is 0.124 e. The molecule has 98 valence electrons. The third kappa shape index (κ3) is 2.17. The summed E-state index contributed by atoms with van der Waals surface area (Å²) in [6.07, 6.45) is 0.213. The van der Waals surface area contributed by atoms with E-state index >= 15 is 0 Å². The largest absolute Gasteiger partial charge is 0.496 e. The number of hydrogen-bond donors (Lipinski definition) is 2. The number of ether oxygens (including phenoxy) is 1. The van der Waals surface area contributed by atoms with E-state index in [1.54, 1.807) is 7.11 Å². The van der Waals surface area contributed by atoms with Gasteiger partial charge in [-0.1, -0.05) is 36.4 Å². The molecule has 0 amide bonds. The molecule has 1 aliphatic rings. The van der Waals surface area contributed by atoms with Crippen molar-refractivity contribution in [2.24, 2.45) is 0 Å². The second kappa shape index (κ2) is 4.94. The minimum absolute atomic E-state index is 0.0704. The van der Waals surface area contributed by atoms with Crippen LogP contribution in [0, 0.1) is 0 Å². The van der Waals surface area contributed by atoms with E-state index in [2.05, 4.69) is 5.32 Å². The summed E-state index contributed by atoms with van der Waals surface area (Å²) in [5.41, 5.74) is 3.05. The van der Waals surface area contributed by atoms with Crippen molar-refractivity contribution in [1.82, 2.24) is 0 Å². The van der Waals surface area contributed by atoms with Gasteiger partial charge in [0.15, 0.2) is 0 Å². The molecule has 3 heteroatoms. The minimum Gasteiger partial charge on any atom is -0.496 e. The highest BCUT2D eigenvalue weighted by atomic mass is 16.5. The van der Waals surface area contributed by atoms with Gasteiger partial charge in [-0.3, -0.25) is 0 Å². The van der Waals surface area contributed by atoms with Crippen molar-refractivity contribution in [3.05, 3.63) is 59.7 Å². The fourth-order valence-corrected chi connectivity index (χ4v) is 2.67. The van der Waals surface area contributed by atoms with Crippen LogP contribution in [-0.4, -0.2) is 12.2 Å². The average molecular weight is 255 g/mol. The normalized spacial score (nSPS) is 21.4. The molecule has 2 atom stereocenters. The van der Waals surface area contributed by atoms with Gasteiger partial charge in [0.25, 0.3) is 0 Å². The van der Waals surface area contributed by atoms with E-state index in [1.165, 1.54) is 0 Å². The molecule has 1 heterocycles. The smallest absolute Gasteiger partial charge is 0.124 e. The summed E-state index contributed by atoms with van der Waals surface area (Å²) < 4.78 is 5.40. The Hall–Kier alpha value is -2.00. The Kier molecular flexibility index (Phi) is 3.13. The number of fused-ring (bicyclic) bond motifs is 1. The summed E-state index contributed by atoms with van der Waals surface area (Å²) >= 11 is 0. The summed E-state index contributed by atoms with van der Waals surface area (Å²) in [6, 6.07) is 15.9. The molecule has 0 fully saturated rings. The molecule has 0 aliphatic carbocycles. The van der Waals surface area contributed by atoms with E-state index in [4.69, 9.17) is 4.74 Å². The summed E-state index contributed by atoms with van der Waals surface area (Å²) in [5, 5.41) is 13.8. The maximum absolute atomic E-state index is 10.3. The van der Waals surface area contributed by atoms with Crippen LogP contribution >= 0.6 is 0 Å². The molecule has 3 rings (SSSR count). The molecule has 0 saturated carbocycles. The predicted octanol–water partition coefficient (Wildman–Crippen LogP) is 3.29. The summed E-state index contributed by atoms with van der Waals surface area (Å²) in [7, 11) is 1.67. The highest BCUT2D eigenvalue weighted by Crippen LogP contribution is 2.40. The number of hydrogen-bond acceptors (Lipinski definition) is 3. The maximum atomic E-state index is 10.3. The van der Waals surface area contributed by atoms with Gasteiger partial charge in [-0.2, -0.15) is 0 Å². The van der Waals surface area contributed by atoms with Gasteiger partial charge < -0.3 is 15.2 Å². The summed E-state index contributed by atoms with van der Waals surface area (Å²) in [5.74, 6) is 0.853. The lowest BCUT2D eigenvalue weighted by Gasteiger charge is -2.31. The van der Waals surface area contributed by atoms with Gasteiger partial charge >= 0.3 is 0 Å². The Bertz CT molecular complexity index is 582. The first kappa shape index (κ1) is 12.1. The standard InChI is InChI=1S/C16H17NO2/c1-19-16-9-5-3-7-12(16)14-10-15(18)11-6-2-4-8-13(11)17-14/h2-9,14-15,17-18H,10H2,1H3/t14-,15-/m1/s1. The van der Waals surface area contributed by atoms with Crippen LogP contribution in [0.1, 0.15) is 29.7 Å². The fraction of sp³-hybridized carbons (Fsp3) is 0.250. The van der Waals surface area contributed by atoms with Crippen LogP contribution in [0.5, 0.6) is 5.75 Å². The molecule has 2 N–H and O–H groups in total. The van der Waals surface area contributed by atoms with Crippen molar-refractivity contribution in [2.75, 3.05) is 12.4 Å². The van der Waals surface area contributed by atoms with Crippen LogP contribution in [0.25, 0.3) is 0 Å². The van der Waals surface area contributed by atoms with Gasteiger partial charge in [0.2, 0.25) is 0 Å². The molecule has 0 radical (unpaired) electrons. The topological polar surface area (TPSA) is 41.5 Å². The molecule has 0 bridgehead atoms.